The minimum absolute atomic E-state index is 0.0612. The molecule has 0 unspecified atom stereocenters. The van der Waals surface area contributed by atoms with Gasteiger partial charge in [0.2, 0.25) is 11.8 Å². The molecule has 2 aliphatic rings. The molecule has 6 nitrogen and oxygen atoms in total. The maximum Gasteiger partial charge on any atom is 0.242 e. The zero-order valence-electron chi connectivity index (χ0n) is 19.0. The highest BCUT2D eigenvalue weighted by Crippen LogP contribution is 2.31. The summed E-state index contributed by atoms with van der Waals surface area (Å²) in [6.07, 6.45) is 5.16. The normalized spacial score (nSPS) is 16.3. The second kappa shape index (κ2) is 10.9. The number of rotatable bonds is 8. The predicted octanol–water partition coefficient (Wildman–Crippen LogP) is 4.52. The average Bonchev–Trinajstić information content (AvgIpc) is 3.34. The largest absolute Gasteiger partial charge is 0.486 e. The molecule has 1 aliphatic carbocycles. The number of benzene rings is 2. The summed E-state index contributed by atoms with van der Waals surface area (Å²) >= 11 is 6.02. The van der Waals surface area contributed by atoms with E-state index in [4.69, 9.17) is 21.1 Å². The van der Waals surface area contributed by atoms with Crippen molar-refractivity contribution >= 4 is 23.4 Å². The summed E-state index contributed by atoms with van der Waals surface area (Å²) in [7, 11) is 0. The van der Waals surface area contributed by atoms with Gasteiger partial charge in [-0.1, -0.05) is 42.6 Å². The van der Waals surface area contributed by atoms with Crippen LogP contribution in [-0.4, -0.2) is 42.0 Å². The van der Waals surface area contributed by atoms with E-state index in [2.05, 4.69) is 5.32 Å². The minimum Gasteiger partial charge on any atom is -0.486 e. The lowest BCUT2D eigenvalue weighted by Crippen LogP contribution is -2.49. The molecule has 0 aromatic heterocycles. The lowest BCUT2D eigenvalue weighted by Gasteiger charge is -2.30. The van der Waals surface area contributed by atoms with E-state index < -0.39 is 6.04 Å². The number of amides is 2. The highest BCUT2D eigenvalue weighted by Gasteiger charge is 2.28. The number of nitrogens with zero attached hydrogens (tertiary/aromatic N) is 1. The highest BCUT2D eigenvalue weighted by molar-refractivity contribution is 6.30. The van der Waals surface area contributed by atoms with Crippen LogP contribution in [-0.2, 0) is 22.6 Å². The predicted molar refractivity (Wildman–Crippen MR) is 128 cm³/mol. The van der Waals surface area contributed by atoms with Crippen molar-refractivity contribution in [3.63, 3.8) is 0 Å². The van der Waals surface area contributed by atoms with Crippen LogP contribution in [0.5, 0.6) is 11.5 Å². The summed E-state index contributed by atoms with van der Waals surface area (Å²) in [5.74, 6) is 1.30. The van der Waals surface area contributed by atoms with E-state index in [1.54, 1.807) is 17.0 Å². The van der Waals surface area contributed by atoms with Crippen molar-refractivity contribution in [1.29, 1.82) is 0 Å². The zero-order valence-corrected chi connectivity index (χ0v) is 19.8. The fourth-order valence-electron chi connectivity index (χ4n) is 4.40. The summed E-state index contributed by atoms with van der Waals surface area (Å²) in [6, 6.07) is 12.8. The summed E-state index contributed by atoms with van der Waals surface area (Å²) in [6.45, 7) is 3.24. The molecule has 1 atom stereocenters. The second-order valence-electron chi connectivity index (χ2n) is 8.79. The van der Waals surface area contributed by atoms with Gasteiger partial charge >= 0.3 is 0 Å². The molecule has 1 fully saturated rings. The van der Waals surface area contributed by atoms with Crippen LogP contribution in [0.2, 0.25) is 5.02 Å². The van der Waals surface area contributed by atoms with Gasteiger partial charge in [0.25, 0.3) is 0 Å². The Morgan fingerprint density at radius 2 is 1.70 bits per heavy atom. The molecule has 2 aromatic rings. The molecule has 1 aliphatic heterocycles. The molecule has 0 bridgehead atoms. The molecule has 176 valence electrons. The van der Waals surface area contributed by atoms with Crippen molar-refractivity contribution in [3.8, 4) is 11.5 Å². The van der Waals surface area contributed by atoms with E-state index >= 15 is 0 Å². The molecular formula is C26H31ClN2O4. The summed E-state index contributed by atoms with van der Waals surface area (Å²) in [5.41, 5.74) is 1.94. The number of carbonyl (C=O) groups excluding carboxylic acids is 2. The number of fused-ring (bicyclic) bond motifs is 1. The zero-order chi connectivity index (χ0) is 23.2. The van der Waals surface area contributed by atoms with E-state index in [1.807, 2.05) is 37.3 Å². The van der Waals surface area contributed by atoms with Gasteiger partial charge in [0.15, 0.2) is 11.5 Å². The number of hydrogen-bond donors (Lipinski definition) is 1. The van der Waals surface area contributed by atoms with Crippen LogP contribution in [0.3, 0.4) is 0 Å². The smallest absolute Gasteiger partial charge is 0.242 e. The van der Waals surface area contributed by atoms with E-state index in [-0.39, 0.29) is 17.9 Å². The van der Waals surface area contributed by atoms with Crippen molar-refractivity contribution in [2.24, 2.45) is 0 Å². The molecule has 33 heavy (non-hydrogen) atoms. The van der Waals surface area contributed by atoms with Gasteiger partial charge in [0.05, 0.1) is 0 Å². The summed E-state index contributed by atoms with van der Waals surface area (Å²) in [4.78, 5) is 28.0. The Hall–Kier alpha value is -2.73. The van der Waals surface area contributed by atoms with Crippen LogP contribution < -0.4 is 14.8 Å². The van der Waals surface area contributed by atoms with E-state index in [0.717, 1.165) is 42.6 Å². The number of halogens is 1. The van der Waals surface area contributed by atoms with Crippen molar-refractivity contribution in [1.82, 2.24) is 10.2 Å². The lowest BCUT2D eigenvalue weighted by molar-refractivity contribution is -0.140. The van der Waals surface area contributed by atoms with Crippen molar-refractivity contribution in [2.75, 3.05) is 13.2 Å². The molecule has 1 saturated carbocycles. The first-order valence-corrected chi connectivity index (χ1v) is 12.1. The molecule has 2 aromatic carbocycles. The molecule has 0 spiro atoms. The van der Waals surface area contributed by atoms with Gasteiger partial charge in [-0.25, -0.2) is 0 Å². The SMILES string of the molecule is C[C@H](C(=O)NC1CCCC1)N(Cc1ccc(Cl)cc1)C(=O)CCc1ccc2c(c1)OCCO2. The van der Waals surface area contributed by atoms with Gasteiger partial charge in [0, 0.05) is 24.0 Å². The molecule has 1 heterocycles. The molecule has 7 heteroatoms. The second-order valence-corrected chi connectivity index (χ2v) is 9.23. The summed E-state index contributed by atoms with van der Waals surface area (Å²) in [5, 5.41) is 3.77. The fourth-order valence-corrected chi connectivity index (χ4v) is 4.53. The van der Waals surface area contributed by atoms with Crippen molar-refractivity contribution in [3.05, 3.63) is 58.6 Å². The van der Waals surface area contributed by atoms with Crippen LogP contribution in [0.25, 0.3) is 0 Å². The Balaban J connectivity index is 1.44. The third-order valence-electron chi connectivity index (χ3n) is 6.37. The van der Waals surface area contributed by atoms with E-state index in [1.165, 1.54) is 0 Å². The Morgan fingerprint density at radius 1 is 1.03 bits per heavy atom. The van der Waals surface area contributed by atoms with Crippen LogP contribution in [0.4, 0.5) is 0 Å². The Labute approximate surface area is 200 Å². The van der Waals surface area contributed by atoms with Gasteiger partial charge in [-0.3, -0.25) is 9.59 Å². The van der Waals surface area contributed by atoms with Gasteiger partial charge in [0.1, 0.15) is 19.3 Å². The van der Waals surface area contributed by atoms with Crippen LogP contribution in [0, 0.1) is 0 Å². The van der Waals surface area contributed by atoms with Crippen molar-refractivity contribution in [2.45, 2.75) is 64.1 Å². The van der Waals surface area contributed by atoms with Gasteiger partial charge in [-0.15, -0.1) is 0 Å². The minimum atomic E-state index is -0.561. The first-order valence-electron chi connectivity index (χ1n) is 11.7. The van der Waals surface area contributed by atoms with Crippen molar-refractivity contribution < 1.29 is 19.1 Å². The maximum atomic E-state index is 13.3. The quantitative estimate of drug-likeness (QED) is 0.616. The molecule has 1 N–H and O–H groups in total. The standard InChI is InChI=1S/C26H31ClN2O4/c1-18(26(31)28-22-4-2-3-5-22)29(17-20-6-10-21(27)11-7-20)25(30)13-9-19-8-12-23-24(16-19)33-15-14-32-23/h6-8,10-12,16,18,22H,2-5,9,13-15,17H2,1H3,(H,28,31)/t18-/m1/s1. The van der Waals surface area contributed by atoms with Gasteiger partial charge < -0.3 is 19.7 Å². The Kier molecular flexibility index (Phi) is 7.76. The number of hydrogen-bond acceptors (Lipinski definition) is 4. The van der Waals surface area contributed by atoms with Gasteiger partial charge in [-0.05, 0) is 61.6 Å². The molecule has 0 saturated heterocycles. The van der Waals surface area contributed by atoms with E-state index in [0.29, 0.717) is 43.4 Å². The highest BCUT2D eigenvalue weighted by atomic mass is 35.5. The van der Waals surface area contributed by atoms with Crippen LogP contribution >= 0.6 is 11.6 Å². The molecule has 4 rings (SSSR count). The Bertz CT molecular complexity index is 973. The Morgan fingerprint density at radius 3 is 2.42 bits per heavy atom. The third kappa shape index (κ3) is 6.20. The van der Waals surface area contributed by atoms with Crippen LogP contribution in [0.15, 0.2) is 42.5 Å². The average molecular weight is 471 g/mol. The number of nitrogens with one attached hydrogen (secondary N) is 1. The first-order chi connectivity index (χ1) is 16.0. The van der Waals surface area contributed by atoms with Crippen LogP contribution in [0.1, 0.15) is 50.2 Å². The lowest BCUT2D eigenvalue weighted by atomic mass is 10.1. The number of carbonyl (C=O) groups is 2. The fraction of sp³-hybridized carbons (Fsp3) is 0.462. The number of ether oxygens (including phenoxy) is 2. The third-order valence-corrected chi connectivity index (χ3v) is 6.62. The maximum absolute atomic E-state index is 13.3. The first kappa shape index (κ1) is 23.4. The monoisotopic (exact) mass is 470 g/mol. The van der Waals surface area contributed by atoms with E-state index in [9.17, 15) is 9.59 Å². The molecule has 2 amide bonds. The molecule has 0 radical (unpaired) electrons. The van der Waals surface area contributed by atoms with Gasteiger partial charge in [-0.2, -0.15) is 0 Å². The number of aryl methyl sites for hydroxylation is 1. The topological polar surface area (TPSA) is 67.9 Å². The molecular weight excluding hydrogens is 440 g/mol. The summed E-state index contributed by atoms with van der Waals surface area (Å²) < 4.78 is 11.2.